The number of aromatic nitrogens is 2. The molecule has 0 aliphatic carbocycles. The van der Waals surface area contributed by atoms with Gasteiger partial charge in [-0.05, 0) is 27.4 Å². The Hall–Kier alpha value is -1.23. The first-order valence-electron chi connectivity index (χ1n) is 7.88. The molecule has 25 heavy (non-hydrogen) atoms. The van der Waals surface area contributed by atoms with Gasteiger partial charge in [0.05, 0.1) is 23.1 Å². The highest BCUT2D eigenvalue weighted by Gasteiger charge is 2.32. The number of rotatable bonds is 5. The largest absolute Gasteiger partial charge is 0.340 e. The molecule has 1 saturated heterocycles. The fraction of sp³-hybridized carbons (Fsp3) is 0.467. The van der Waals surface area contributed by atoms with E-state index in [1.165, 1.54) is 15.6 Å². The van der Waals surface area contributed by atoms with Crippen LogP contribution in [0.2, 0.25) is 0 Å². The van der Waals surface area contributed by atoms with Crippen molar-refractivity contribution >= 4 is 43.2 Å². The standard InChI is InChI=1S/C15H19BrN4O3S2/c1-12(10-19-11-13(16)9-17-19)15(21)18-4-6-20(7-5-18)25(22,23)14-3-2-8-24-14/h2-3,8-9,11-12H,4-7,10H2,1H3. The SMILES string of the molecule is CC(Cn1cc(Br)cn1)C(=O)N1CCN(S(=O)(=O)c2cccs2)CC1. The topological polar surface area (TPSA) is 75.5 Å². The summed E-state index contributed by atoms with van der Waals surface area (Å²) in [7, 11) is -3.44. The third-order valence-electron chi connectivity index (χ3n) is 4.12. The minimum Gasteiger partial charge on any atom is -0.340 e. The molecule has 0 N–H and O–H groups in total. The number of thiophene rings is 1. The van der Waals surface area contributed by atoms with Crippen molar-refractivity contribution in [1.29, 1.82) is 0 Å². The van der Waals surface area contributed by atoms with Gasteiger partial charge in [0.1, 0.15) is 4.21 Å². The lowest BCUT2D eigenvalue weighted by atomic mass is 10.1. The summed E-state index contributed by atoms with van der Waals surface area (Å²) in [6, 6.07) is 3.34. The van der Waals surface area contributed by atoms with Gasteiger partial charge in [0.25, 0.3) is 10.0 Å². The van der Waals surface area contributed by atoms with Crippen molar-refractivity contribution in [2.24, 2.45) is 5.92 Å². The second kappa shape index (κ2) is 7.56. The van der Waals surface area contributed by atoms with Crippen LogP contribution in [0.4, 0.5) is 0 Å². The zero-order valence-corrected chi connectivity index (χ0v) is 16.9. The number of sulfonamides is 1. The Morgan fingerprint density at radius 3 is 2.64 bits per heavy atom. The molecule has 7 nitrogen and oxygen atoms in total. The summed E-state index contributed by atoms with van der Waals surface area (Å²) in [6.45, 7) is 3.84. The van der Waals surface area contributed by atoms with Crippen LogP contribution in [-0.4, -0.2) is 59.5 Å². The van der Waals surface area contributed by atoms with E-state index in [4.69, 9.17) is 0 Å². The van der Waals surface area contributed by atoms with Crippen molar-refractivity contribution in [3.05, 3.63) is 34.4 Å². The van der Waals surface area contributed by atoms with Crippen LogP contribution in [0.25, 0.3) is 0 Å². The van der Waals surface area contributed by atoms with Crippen LogP contribution in [0.5, 0.6) is 0 Å². The van der Waals surface area contributed by atoms with E-state index in [1.54, 1.807) is 33.3 Å². The second-order valence-electron chi connectivity index (χ2n) is 5.94. The van der Waals surface area contributed by atoms with E-state index in [-0.39, 0.29) is 11.8 Å². The lowest BCUT2D eigenvalue weighted by Gasteiger charge is -2.35. The van der Waals surface area contributed by atoms with Gasteiger partial charge in [-0.3, -0.25) is 9.48 Å². The van der Waals surface area contributed by atoms with Crippen molar-refractivity contribution < 1.29 is 13.2 Å². The molecule has 0 bridgehead atoms. The number of piperazine rings is 1. The molecular weight excluding hydrogens is 428 g/mol. The number of hydrogen-bond donors (Lipinski definition) is 0. The Morgan fingerprint density at radius 2 is 2.08 bits per heavy atom. The molecule has 0 saturated carbocycles. The molecule has 0 radical (unpaired) electrons. The summed E-state index contributed by atoms with van der Waals surface area (Å²) >= 11 is 4.55. The lowest BCUT2D eigenvalue weighted by Crippen LogP contribution is -2.51. The summed E-state index contributed by atoms with van der Waals surface area (Å²) in [5.74, 6) is -0.188. The average molecular weight is 447 g/mol. The highest BCUT2D eigenvalue weighted by atomic mass is 79.9. The van der Waals surface area contributed by atoms with E-state index < -0.39 is 10.0 Å². The Labute approximate surface area is 159 Å². The normalized spacial score (nSPS) is 17.6. The van der Waals surface area contributed by atoms with Gasteiger partial charge in [-0.25, -0.2) is 8.42 Å². The molecule has 2 aromatic heterocycles. The Morgan fingerprint density at radius 1 is 1.36 bits per heavy atom. The van der Waals surface area contributed by atoms with Crippen LogP contribution in [0.15, 0.2) is 38.6 Å². The van der Waals surface area contributed by atoms with E-state index in [1.807, 2.05) is 13.1 Å². The summed E-state index contributed by atoms with van der Waals surface area (Å²) in [4.78, 5) is 14.3. The van der Waals surface area contributed by atoms with Crippen molar-refractivity contribution in [3.63, 3.8) is 0 Å². The van der Waals surface area contributed by atoms with Crippen LogP contribution in [-0.2, 0) is 21.4 Å². The molecule has 1 atom stereocenters. The fourth-order valence-corrected chi connectivity index (χ4v) is 5.69. The smallest absolute Gasteiger partial charge is 0.252 e. The van der Waals surface area contributed by atoms with Gasteiger partial charge in [-0.1, -0.05) is 13.0 Å². The molecule has 1 aliphatic rings. The van der Waals surface area contributed by atoms with Gasteiger partial charge < -0.3 is 4.90 Å². The zero-order valence-electron chi connectivity index (χ0n) is 13.7. The maximum Gasteiger partial charge on any atom is 0.252 e. The Kier molecular flexibility index (Phi) is 5.62. The van der Waals surface area contributed by atoms with E-state index in [0.29, 0.717) is 36.9 Å². The number of amides is 1. The van der Waals surface area contributed by atoms with E-state index in [2.05, 4.69) is 21.0 Å². The van der Waals surface area contributed by atoms with Gasteiger partial charge in [0, 0.05) is 32.4 Å². The molecular formula is C15H19BrN4O3S2. The number of nitrogens with zero attached hydrogens (tertiary/aromatic N) is 4. The minimum atomic E-state index is -3.44. The minimum absolute atomic E-state index is 0.0276. The predicted octanol–water partition coefficient (Wildman–Crippen LogP) is 1.88. The molecule has 136 valence electrons. The summed E-state index contributed by atoms with van der Waals surface area (Å²) < 4.78 is 29.4. The second-order valence-corrected chi connectivity index (χ2v) is 9.97. The summed E-state index contributed by atoms with van der Waals surface area (Å²) in [5.41, 5.74) is 0. The maximum absolute atomic E-state index is 12.6. The Balaban J connectivity index is 1.57. The highest BCUT2D eigenvalue weighted by molar-refractivity contribution is 9.10. The molecule has 3 rings (SSSR count). The zero-order chi connectivity index (χ0) is 18.0. The van der Waals surface area contributed by atoms with Crippen molar-refractivity contribution in [2.75, 3.05) is 26.2 Å². The maximum atomic E-state index is 12.6. The van der Waals surface area contributed by atoms with Crippen molar-refractivity contribution in [3.8, 4) is 0 Å². The molecule has 1 amide bonds. The molecule has 3 heterocycles. The first-order valence-corrected chi connectivity index (χ1v) is 11.0. The molecule has 0 aromatic carbocycles. The van der Waals surface area contributed by atoms with Gasteiger partial charge in [-0.2, -0.15) is 9.40 Å². The predicted molar refractivity (Wildman–Crippen MR) is 98.7 cm³/mol. The van der Waals surface area contributed by atoms with Crippen LogP contribution < -0.4 is 0 Å². The van der Waals surface area contributed by atoms with Gasteiger partial charge in [-0.15, -0.1) is 11.3 Å². The number of carbonyl (C=O) groups excluding carboxylic acids is 1. The molecule has 2 aromatic rings. The van der Waals surface area contributed by atoms with Crippen molar-refractivity contribution in [2.45, 2.75) is 17.7 Å². The Bertz CT molecular complexity index is 827. The first kappa shape index (κ1) is 18.6. The molecule has 1 fully saturated rings. The molecule has 1 aliphatic heterocycles. The third-order valence-corrected chi connectivity index (χ3v) is 7.80. The third kappa shape index (κ3) is 4.13. The number of hydrogen-bond acceptors (Lipinski definition) is 5. The van der Waals surface area contributed by atoms with Crippen LogP contribution in [0.1, 0.15) is 6.92 Å². The lowest BCUT2D eigenvalue weighted by molar-refractivity contribution is -0.136. The van der Waals surface area contributed by atoms with E-state index >= 15 is 0 Å². The molecule has 1 unspecified atom stereocenters. The van der Waals surface area contributed by atoms with Gasteiger partial charge in [0.2, 0.25) is 5.91 Å². The summed E-state index contributed by atoms with van der Waals surface area (Å²) in [5, 5.41) is 5.92. The van der Waals surface area contributed by atoms with E-state index in [9.17, 15) is 13.2 Å². The first-order chi connectivity index (χ1) is 11.9. The number of halogens is 1. The average Bonchev–Trinajstić information content (AvgIpc) is 3.26. The monoisotopic (exact) mass is 446 g/mol. The summed E-state index contributed by atoms with van der Waals surface area (Å²) in [6.07, 6.45) is 3.51. The van der Waals surface area contributed by atoms with Gasteiger partial charge in [0.15, 0.2) is 0 Å². The molecule has 0 spiro atoms. The van der Waals surface area contributed by atoms with E-state index in [0.717, 1.165) is 4.47 Å². The van der Waals surface area contributed by atoms with Crippen LogP contribution in [0, 0.1) is 5.92 Å². The highest BCUT2D eigenvalue weighted by Crippen LogP contribution is 2.22. The van der Waals surface area contributed by atoms with Crippen molar-refractivity contribution in [1.82, 2.24) is 19.0 Å². The number of carbonyl (C=O) groups is 1. The molecule has 10 heteroatoms. The fourth-order valence-electron chi connectivity index (χ4n) is 2.79. The van der Waals surface area contributed by atoms with Crippen LogP contribution in [0.3, 0.4) is 0 Å². The van der Waals surface area contributed by atoms with Gasteiger partial charge >= 0.3 is 0 Å². The van der Waals surface area contributed by atoms with Crippen LogP contribution >= 0.6 is 27.3 Å². The quantitative estimate of drug-likeness (QED) is 0.702.